The molecule has 19 heavy (non-hydrogen) atoms. The summed E-state index contributed by atoms with van der Waals surface area (Å²) < 4.78 is 48.2. The topological polar surface area (TPSA) is 80.3 Å². The van der Waals surface area contributed by atoms with Crippen LogP contribution in [-0.2, 0) is 31.7 Å². The van der Waals surface area contributed by atoms with E-state index in [1.807, 2.05) is 0 Å². The van der Waals surface area contributed by atoms with Crippen LogP contribution in [0.25, 0.3) is 0 Å². The molecular weight excluding hydrogens is 294 g/mol. The van der Waals surface area contributed by atoms with Crippen LogP contribution >= 0.6 is 15.4 Å². The van der Waals surface area contributed by atoms with Crippen LogP contribution in [0.4, 0.5) is 0 Å². The second-order valence-corrected chi connectivity index (χ2v) is 7.38. The highest BCUT2D eigenvalue weighted by atomic mass is 31.2. The maximum atomic E-state index is 12.2. The highest BCUT2D eigenvalue weighted by Gasteiger charge is 2.26. The van der Waals surface area contributed by atoms with Gasteiger partial charge in [-0.2, -0.15) is 0 Å². The molecule has 0 aromatic rings. The third kappa shape index (κ3) is 7.25. The molecular formula is C10H22O7P2. The van der Waals surface area contributed by atoms with Gasteiger partial charge >= 0.3 is 15.4 Å². The second kappa shape index (κ2) is 8.90. The van der Waals surface area contributed by atoms with E-state index in [0.717, 1.165) is 0 Å². The van der Waals surface area contributed by atoms with Crippen molar-refractivity contribution in [2.24, 2.45) is 0 Å². The van der Waals surface area contributed by atoms with E-state index in [4.69, 9.17) is 13.6 Å². The molecule has 0 unspecified atom stereocenters. The van der Waals surface area contributed by atoms with Crippen LogP contribution in [0, 0.1) is 0 Å². The number of hydrogen-bond acceptors (Lipinski definition) is 7. The summed E-state index contributed by atoms with van der Waals surface area (Å²) in [5.74, 6) is 0. The summed E-state index contributed by atoms with van der Waals surface area (Å²) in [6.07, 6.45) is 1.22. The molecule has 0 rings (SSSR count). The average Bonchev–Trinajstić information content (AvgIpc) is 2.36. The van der Waals surface area contributed by atoms with Crippen LogP contribution in [0.2, 0.25) is 0 Å². The molecule has 0 aromatic heterocycles. The summed E-state index contributed by atoms with van der Waals surface area (Å²) in [7, 11) is -4.36. The maximum Gasteiger partial charge on any atom is 0.528 e. The lowest BCUT2D eigenvalue weighted by molar-refractivity contribution is 0.192. The van der Waals surface area contributed by atoms with Gasteiger partial charge in [-0.05, 0) is 26.3 Å². The van der Waals surface area contributed by atoms with E-state index in [9.17, 15) is 9.13 Å². The molecule has 0 saturated carbocycles. The minimum absolute atomic E-state index is 0.0438. The van der Waals surface area contributed by atoms with Crippen molar-refractivity contribution in [3.63, 3.8) is 0 Å². The van der Waals surface area contributed by atoms with Crippen molar-refractivity contribution in [1.82, 2.24) is 0 Å². The second-order valence-electron chi connectivity index (χ2n) is 3.49. The normalized spacial score (nSPS) is 13.6. The first-order valence-corrected chi connectivity index (χ1v) is 8.97. The fourth-order valence-electron chi connectivity index (χ4n) is 1.18. The van der Waals surface area contributed by atoms with Gasteiger partial charge in [0.15, 0.2) is 0 Å². The molecule has 0 atom stereocenters. The molecule has 0 aromatic carbocycles. The highest BCUT2D eigenvalue weighted by molar-refractivity contribution is 7.54. The Bertz CT molecular complexity index is 362. The van der Waals surface area contributed by atoms with Gasteiger partial charge in [-0.15, -0.1) is 0 Å². The van der Waals surface area contributed by atoms with Crippen LogP contribution in [0.15, 0.2) is 11.8 Å². The molecule has 0 amide bonds. The SMILES string of the molecule is CCOP(=O)(C/C(C)=C/OP(=O)(OC)OC)OCC. The molecule has 0 aliphatic rings. The zero-order chi connectivity index (χ0) is 14.9. The molecule has 0 aliphatic carbocycles. The Morgan fingerprint density at radius 2 is 1.53 bits per heavy atom. The number of phosphoric ester groups is 1. The molecule has 0 heterocycles. The van der Waals surface area contributed by atoms with E-state index in [0.29, 0.717) is 5.57 Å². The molecule has 7 nitrogen and oxygen atoms in total. The van der Waals surface area contributed by atoms with Gasteiger partial charge in [0.25, 0.3) is 0 Å². The highest BCUT2D eigenvalue weighted by Crippen LogP contribution is 2.51. The van der Waals surface area contributed by atoms with E-state index in [2.05, 4.69) is 9.05 Å². The van der Waals surface area contributed by atoms with Crippen molar-refractivity contribution in [3.8, 4) is 0 Å². The van der Waals surface area contributed by atoms with Gasteiger partial charge in [0.2, 0.25) is 0 Å². The fraction of sp³-hybridized carbons (Fsp3) is 0.800. The summed E-state index contributed by atoms with van der Waals surface area (Å²) in [4.78, 5) is 0. The van der Waals surface area contributed by atoms with Crippen molar-refractivity contribution in [2.75, 3.05) is 33.6 Å². The van der Waals surface area contributed by atoms with Crippen molar-refractivity contribution in [2.45, 2.75) is 20.8 Å². The van der Waals surface area contributed by atoms with Crippen LogP contribution in [0.3, 0.4) is 0 Å². The first-order valence-electron chi connectivity index (χ1n) is 5.78. The number of phosphoric acid groups is 1. The van der Waals surface area contributed by atoms with Crippen molar-refractivity contribution >= 4 is 15.4 Å². The Morgan fingerprint density at radius 1 is 1.05 bits per heavy atom. The molecule has 0 radical (unpaired) electrons. The zero-order valence-corrected chi connectivity index (χ0v) is 13.7. The van der Waals surface area contributed by atoms with Crippen molar-refractivity contribution in [1.29, 1.82) is 0 Å². The van der Waals surface area contributed by atoms with Crippen LogP contribution in [0.1, 0.15) is 20.8 Å². The van der Waals surface area contributed by atoms with Crippen molar-refractivity contribution < 1.29 is 31.7 Å². The van der Waals surface area contributed by atoms with E-state index in [-0.39, 0.29) is 19.4 Å². The van der Waals surface area contributed by atoms with Gasteiger partial charge in [0.05, 0.1) is 25.6 Å². The lowest BCUT2D eigenvalue weighted by atomic mass is 10.4. The average molecular weight is 316 g/mol. The predicted molar refractivity (Wildman–Crippen MR) is 72.2 cm³/mol. The molecule has 0 bridgehead atoms. The van der Waals surface area contributed by atoms with Gasteiger partial charge in [-0.1, -0.05) is 0 Å². The minimum atomic E-state index is -3.58. The Morgan fingerprint density at radius 3 is 1.89 bits per heavy atom. The Hall–Kier alpha value is -0.160. The quantitative estimate of drug-likeness (QED) is 0.450. The molecule has 0 aliphatic heterocycles. The van der Waals surface area contributed by atoms with Gasteiger partial charge in [-0.3, -0.25) is 13.6 Å². The first kappa shape index (κ1) is 18.8. The van der Waals surface area contributed by atoms with E-state index in [1.54, 1.807) is 20.8 Å². The summed E-state index contributed by atoms with van der Waals surface area (Å²) in [6, 6.07) is 0. The Balaban J connectivity index is 4.69. The Kier molecular flexibility index (Phi) is 8.83. The van der Waals surface area contributed by atoms with E-state index in [1.165, 1.54) is 20.5 Å². The Labute approximate surface area is 114 Å². The largest absolute Gasteiger partial charge is 0.528 e. The lowest BCUT2D eigenvalue weighted by Gasteiger charge is -2.17. The van der Waals surface area contributed by atoms with Crippen LogP contribution in [0.5, 0.6) is 0 Å². The summed E-state index contributed by atoms with van der Waals surface area (Å²) in [5.41, 5.74) is 0.541. The fourth-order valence-corrected chi connectivity index (χ4v) is 3.54. The number of rotatable bonds is 10. The zero-order valence-electron chi connectivity index (χ0n) is 12.0. The van der Waals surface area contributed by atoms with Gasteiger partial charge < -0.3 is 13.6 Å². The summed E-state index contributed by atoms with van der Waals surface area (Å²) in [5, 5.41) is 0. The van der Waals surface area contributed by atoms with E-state index < -0.39 is 15.4 Å². The van der Waals surface area contributed by atoms with Gasteiger partial charge in [0, 0.05) is 14.2 Å². The minimum Gasteiger partial charge on any atom is -0.412 e. The molecule has 114 valence electrons. The van der Waals surface area contributed by atoms with Crippen LogP contribution in [-0.4, -0.2) is 33.6 Å². The standard InChI is InChI=1S/C10H22O7P2/c1-6-15-18(11,16-7-2)9-10(3)8-17-19(12,13-4)14-5/h8H,6-7,9H2,1-5H3/b10-8+. The third-order valence-electron chi connectivity index (χ3n) is 1.92. The molecule has 0 saturated heterocycles. The van der Waals surface area contributed by atoms with Gasteiger partial charge in [0.1, 0.15) is 0 Å². The molecule has 0 N–H and O–H groups in total. The molecule has 0 fully saturated rings. The van der Waals surface area contributed by atoms with Crippen LogP contribution < -0.4 is 0 Å². The first-order chi connectivity index (χ1) is 8.84. The number of hydrogen-bond donors (Lipinski definition) is 0. The van der Waals surface area contributed by atoms with E-state index >= 15 is 0 Å². The maximum absolute atomic E-state index is 12.2. The lowest BCUT2D eigenvalue weighted by Crippen LogP contribution is -2.01. The molecule has 0 spiro atoms. The summed E-state index contributed by atoms with van der Waals surface area (Å²) >= 11 is 0. The summed E-state index contributed by atoms with van der Waals surface area (Å²) in [6.45, 7) is 5.66. The predicted octanol–water partition coefficient (Wildman–Crippen LogP) is 3.57. The molecule has 9 heteroatoms. The smallest absolute Gasteiger partial charge is 0.412 e. The van der Waals surface area contributed by atoms with Crippen molar-refractivity contribution in [3.05, 3.63) is 11.8 Å². The monoisotopic (exact) mass is 316 g/mol. The third-order valence-corrected chi connectivity index (χ3v) is 5.37. The number of allylic oxidation sites excluding steroid dienone is 1. The van der Waals surface area contributed by atoms with Gasteiger partial charge in [-0.25, -0.2) is 4.57 Å².